The fourth-order valence-electron chi connectivity index (χ4n) is 3.09. The fourth-order valence-corrected chi connectivity index (χ4v) is 3.09. The standard InChI is InChI=1S/C17H30N6O/c1-3-17(4-2,14-18)15(24)19-8-9-22-10-12-23(13-11-22)16-20-6-5-7-21-16/h5-7H,3-4,8-14,18H2,1-2H3,(H,19,24). The van der Waals surface area contributed by atoms with Crippen molar-refractivity contribution in [2.24, 2.45) is 11.1 Å². The van der Waals surface area contributed by atoms with Crippen molar-refractivity contribution in [1.29, 1.82) is 0 Å². The molecule has 0 unspecified atom stereocenters. The van der Waals surface area contributed by atoms with Crippen LogP contribution in [0.4, 0.5) is 5.95 Å². The number of carbonyl (C=O) groups is 1. The van der Waals surface area contributed by atoms with Crippen molar-refractivity contribution in [2.45, 2.75) is 26.7 Å². The van der Waals surface area contributed by atoms with Crippen LogP contribution in [0.25, 0.3) is 0 Å². The number of amides is 1. The molecule has 7 heteroatoms. The van der Waals surface area contributed by atoms with Crippen LogP contribution in [0.1, 0.15) is 26.7 Å². The molecule has 3 N–H and O–H groups in total. The van der Waals surface area contributed by atoms with Crippen molar-refractivity contribution in [3.63, 3.8) is 0 Å². The van der Waals surface area contributed by atoms with Crippen LogP contribution >= 0.6 is 0 Å². The predicted octanol–water partition coefficient (Wildman–Crippen LogP) is 0.480. The molecule has 0 spiro atoms. The van der Waals surface area contributed by atoms with Crippen molar-refractivity contribution in [3.05, 3.63) is 18.5 Å². The van der Waals surface area contributed by atoms with Crippen LogP contribution in [0.2, 0.25) is 0 Å². The van der Waals surface area contributed by atoms with Gasteiger partial charge in [-0.05, 0) is 18.9 Å². The Morgan fingerprint density at radius 2 is 1.83 bits per heavy atom. The van der Waals surface area contributed by atoms with Crippen LogP contribution in [0.3, 0.4) is 0 Å². The van der Waals surface area contributed by atoms with Gasteiger partial charge < -0.3 is 16.0 Å². The number of hydrogen-bond donors (Lipinski definition) is 2. The third kappa shape index (κ3) is 4.42. The van der Waals surface area contributed by atoms with Crippen LogP contribution in [0.15, 0.2) is 18.5 Å². The highest BCUT2D eigenvalue weighted by molar-refractivity contribution is 5.82. The summed E-state index contributed by atoms with van der Waals surface area (Å²) >= 11 is 0. The van der Waals surface area contributed by atoms with Gasteiger partial charge in [-0.2, -0.15) is 0 Å². The highest BCUT2D eigenvalue weighted by atomic mass is 16.2. The van der Waals surface area contributed by atoms with Crippen molar-refractivity contribution >= 4 is 11.9 Å². The lowest BCUT2D eigenvalue weighted by molar-refractivity contribution is -0.131. The molecular weight excluding hydrogens is 304 g/mol. The molecule has 134 valence electrons. The van der Waals surface area contributed by atoms with Gasteiger partial charge >= 0.3 is 0 Å². The number of rotatable bonds is 8. The molecule has 1 fully saturated rings. The summed E-state index contributed by atoms with van der Waals surface area (Å²) in [6.07, 6.45) is 5.11. The Bertz CT molecular complexity index is 489. The summed E-state index contributed by atoms with van der Waals surface area (Å²) in [5.74, 6) is 0.885. The van der Waals surface area contributed by atoms with Crippen LogP contribution in [-0.4, -0.2) is 66.6 Å². The van der Waals surface area contributed by atoms with Gasteiger partial charge in [0.2, 0.25) is 11.9 Å². The van der Waals surface area contributed by atoms with Gasteiger partial charge in [0.25, 0.3) is 0 Å². The largest absolute Gasteiger partial charge is 0.354 e. The highest BCUT2D eigenvalue weighted by Crippen LogP contribution is 2.24. The van der Waals surface area contributed by atoms with E-state index in [0.29, 0.717) is 13.1 Å². The number of piperazine rings is 1. The minimum Gasteiger partial charge on any atom is -0.354 e. The normalized spacial score (nSPS) is 16.2. The fraction of sp³-hybridized carbons (Fsp3) is 0.706. The maximum absolute atomic E-state index is 12.4. The summed E-state index contributed by atoms with van der Waals surface area (Å²) < 4.78 is 0. The smallest absolute Gasteiger partial charge is 0.227 e. The summed E-state index contributed by atoms with van der Waals surface area (Å²) in [6.45, 7) is 9.73. The average molecular weight is 334 g/mol. The Kier molecular flexibility index (Phi) is 6.93. The molecule has 0 aliphatic carbocycles. The number of anilines is 1. The molecule has 7 nitrogen and oxygen atoms in total. The number of carbonyl (C=O) groups excluding carboxylic acids is 1. The van der Waals surface area contributed by atoms with Crippen molar-refractivity contribution < 1.29 is 4.79 Å². The van der Waals surface area contributed by atoms with E-state index in [1.54, 1.807) is 12.4 Å². The molecule has 2 rings (SSSR count). The topological polar surface area (TPSA) is 87.4 Å². The first-order valence-electron chi connectivity index (χ1n) is 8.88. The van der Waals surface area contributed by atoms with Gasteiger partial charge in [0.15, 0.2) is 0 Å². The number of nitrogens with zero attached hydrogens (tertiary/aromatic N) is 4. The van der Waals surface area contributed by atoms with Gasteiger partial charge in [0, 0.05) is 58.2 Å². The zero-order valence-corrected chi connectivity index (χ0v) is 14.9. The van der Waals surface area contributed by atoms with Crippen molar-refractivity contribution in [3.8, 4) is 0 Å². The molecule has 0 radical (unpaired) electrons. The van der Waals surface area contributed by atoms with Crippen LogP contribution < -0.4 is 16.0 Å². The number of aromatic nitrogens is 2. The molecule has 1 saturated heterocycles. The van der Waals surface area contributed by atoms with Crippen molar-refractivity contribution in [2.75, 3.05) is 50.7 Å². The Hall–Kier alpha value is -1.73. The maximum atomic E-state index is 12.4. The molecule has 0 saturated carbocycles. The Morgan fingerprint density at radius 1 is 1.21 bits per heavy atom. The Balaban J connectivity index is 1.72. The van der Waals surface area contributed by atoms with Crippen LogP contribution in [0.5, 0.6) is 0 Å². The van der Waals surface area contributed by atoms with Crippen LogP contribution in [-0.2, 0) is 4.79 Å². The third-order valence-corrected chi connectivity index (χ3v) is 5.15. The van der Waals surface area contributed by atoms with Gasteiger partial charge in [-0.15, -0.1) is 0 Å². The lowest BCUT2D eigenvalue weighted by atomic mass is 9.81. The summed E-state index contributed by atoms with van der Waals surface area (Å²) in [5.41, 5.74) is 5.41. The Morgan fingerprint density at radius 3 is 2.38 bits per heavy atom. The highest BCUT2D eigenvalue weighted by Gasteiger charge is 2.33. The van der Waals surface area contributed by atoms with Gasteiger partial charge in [0.1, 0.15) is 0 Å². The van der Waals surface area contributed by atoms with E-state index in [0.717, 1.165) is 51.5 Å². The zero-order chi connectivity index (χ0) is 17.4. The van der Waals surface area contributed by atoms with Gasteiger partial charge in [-0.25, -0.2) is 9.97 Å². The number of nitrogens with one attached hydrogen (secondary N) is 1. The van der Waals surface area contributed by atoms with Gasteiger partial charge in [-0.3, -0.25) is 9.69 Å². The first-order valence-corrected chi connectivity index (χ1v) is 8.88. The summed E-state index contributed by atoms with van der Waals surface area (Å²) in [7, 11) is 0. The second-order valence-electron chi connectivity index (χ2n) is 6.32. The summed E-state index contributed by atoms with van der Waals surface area (Å²) in [5, 5.41) is 3.07. The minimum absolute atomic E-state index is 0.0892. The van der Waals surface area contributed by atoms with E-state index in [4.69, 9.17) is 5.73 Å². The lowest BCUT2D eigenvalue weighted by Gasteiger charge is -2.35. The lowest BCUT2D eigenvalue weighted by Crippen LogP contribution is -2.50. The second kappa shape index (κ2) is 8.94. The number of hydrogen-bond acceptors (Lipinski definition) is 6. The van der Waals surface area contributed by atoms with E-state index < -0.39 is 5.41 Å². The van der Waals surface area contributed by atoms with Gasteiger partial charge in [-0.1, -0.05) is 13.8 Å². The van der Waals surface area contributed by atoms with Crippen molar-refractivity contribution in [1.82, 2.24) is 20.2 Å². The maximum Gasteiger partial charge on any atom is 0.227 e. The summed E-state index contributed by atoms with van der Waals surface area (Å²) in [4.78, 5) is 25.6. The van der Waals surface area contributed by atoms with Gasteiger partial charge in [0.05, 0.1) is 5.41 Å². The molecular formula is C17H30N6O. The Labute approximate surface area is 144 Å². The molecule has 1 amide bonds. The van der Waals surface area contributed by atoms with E-state index in [1.807, 2.05) is 19.9 Å². The molecule has 0 aromatic carbocycles. The average Bonchev–Trinajstić information content (AvgIpc) is 2.65. The minimum atomic E-state index is -0.413. The van der Waals surface area contributed by atoms with E-state index in [1.165, 1.54) is 0 Å². The molecule has 24 heavy (non-hydrogen) atoms. The van der Waals surface area contributed by atoms with E-state index in [2.05, 4.69) is 25.1 Å². The molecule has 1 aliphatic heterocycles. The van der Waals surface area contributed by atoms with Crippen LogP contribution in [0, 0.1) is 5.41 Å². The molecule has 0 bridgehead atoms. The summed E-state index contributed by atoms with van der Waals surface area (Å²) in [6, 6.07) is 1.83. The van der Waals surface area contributed by atoms with E-state index >= 15 is 0 Å². The predicted molar refractivity (Wildman–Crippen MR) is 95.8 cm³/mol. The molecule has 1 aromatic heterocycles. The first-order chi connectivity index (χ1) is 11.6. The quantitative estimate of drug-likeness (QED) is 0.719. The van der Waals surface area contributed by atoms with E-state index in [9.17, 15) is 4.79 Å². The third-order valence-electron chi connectivity index (χ3n) is 5.15. The SMILES string of the molecule is CCC(CC)(CN)C(=O)NCCN1CCN(c2ncccn2)CC1. The number of nitrogens with two attached hydrogens (primary N) is 1. The second-order valence-corrected chi connectivity index (χ2v) is 6.32. The first kappa shape index (κ1) is 18.6. The molecule has 0 atom stereocenters. The molecule has 2 heterocycles. The monoisotopic (exact) mass is 334 g/mol. The zero-order valence-electron chi connectivity index (χ0n) is 14.9. The molecule has 1 aliphatic rings. The molecule has 1 aromatic rings. The van der Waals surface area contributed by atoms with E-state index in [-0.39, 0.29) is 5.91 Å².